The van der Waals surface area contributed by atoms with Gasteiger partial charge in [0.25, 0.3) is 0 Å². The van der Waals surface area contributed by atoms with E-state index in [1.54, 1.807) is 0 Å². The molecular formula is C10H16N4. The zero-order chi connectivity index (χ0) is 9.97. The van der Waals surface area contributed by atoms with Crippen molar-refractivity contribution >= 4 is 5.69 Å². The second-order valence-electron chi connectivity index (χ2n) is 3.52. The molecule has 1 saturated heterocycles. The van der Waals surface area contributed by atoms with Crippen molar-refractivity contribution in [2.75, 3.05) is 25.3 Å². The molecule has 0 amide bonds. The first kappa shape index (κ1) is 9.45. The largest absolute Gasteiger partial charge is 0.309 e. The fraction of sp³-hybridized carbons (Fsp3) is 0.400. The van der Waals surface area contributed by atoms with Gasteiger partial charge in [0.15, 0.2) is 0 Å². The maximum Gasteiger partial charge on any atom is 0.105 e. The molecule has 1 aliphatic heterocycles. The molecule has 14 heavy (non-hydrogen) atoms. The topological polar surface area (TPSA) is 44.5 Å². The first-order chi connectivity index (χ1) is 6.79. The van der Waals surface area contributed by atoms with E-state index in [1.165, 1.54) is 0 Å². The Morgan fingerprint density at radius 2 is 2.07 bits per heavy atom. The van der Waals surface area contributed by atoms with Crippen LogP contribution in [0.1, 0.15) is 0 Å². The van der Waals surface area contributed by atoms with Crippen molar-refractivity contribution in [3.63, 3.8) is 0 Å². The van der Waals surface area contributed by atoms with Gasteiger partial charge < -0.3 is 5.73 Å². The average molecular weight is 192 g/mol. The minimum atomic E-state index is 0.0103. The number of para-hydroxylation sites is 1. The van der Waals surface area contributed by atoms with Gasteiger partial charge in [-0.1, -0.05) is 18.2 Å². The molecule has 1 fully saturated rings. The van der Waals surface area contributed by atoms with Gasteiger partial charge in [-0.05, 0) is 12.1 Å². The molecule has 0 radical (unpaired) electrons. The molecule has 76 valence electrons. The van der Waals surface area contributed by atoms with E-state index in [0.717, 1.165) is 18.9 Å². The molecule has 0 bridgehead atoms. The van der Waals surface area contributed by atoms with E-state index in [-0.39, 0.29) is 6.17 Å². The van der Waals surface area contributed by atoms with Gasteiger partial charge in [0.1, 0.15) is 6.17 Å². The van der Waals surface area contributed by atoms with Crippen molar-refractivity contribution < 1.29 is 0 Å². The molecule has 3 N–H and O–H groups in total. The van der Waals surface area contributed by atoms with Gasteiger partial charge in [-0.3, -0.25) is 10.3 Å². The van der Waals surface area contributed by atoms with Crippen molar-refractivity contribution in [1.82, 2.24) is 10.3 Å². The summed E-state index contributed by atoms with van der Waals surface area (Å²) in [7, 11) is 2.03. The first-order valence-corrected chi connectivity index (χ1v) is 4.80. The standard InChI is InChI=1S/C10H16N4/c1-13-8-12-7-10(11)14(13)9-5-3-2-4-6-9/h2-6,10,12H,7-8,11H2,1H3. The van der Waals surface area contributed by atoms with Crippen molar-refractivity contribution in [3.05, 3.63) is 30.3 Å². The number of nitrogens with one attached hydrogen (secondary N) is 1. The molecule has 0 spiro atoms. The summed E-state index contributed by atoms with van der Waals surface area (Å²) in [6.45, 7) is 1.65. The molecule has 1 aromatic carbocycles. The molecule has 1 aromatic rings. The smallest absolute Gasteiger partial charge is 0.105 e. The van der Waals surface area contributed by atoms with Gasteiger partial charge >= 0.3 is 0 Å². The van der Waals surface area contributed by atoms with Crippen LogP contribution in [-0.2, 0) is 0 Å². The zero-order valence-corrected chi connectivity index (χ0v) is 8.35. The fourth-order valence-corrected chi connectivity index (χ4v) is 1.76. The Hall–Kier alpha value is -1.10. The molecule has 0 aromatic heterocycles. The predicted molar refractivity (Wildman–Crippen MR) is 57.5 cm³/mol. The van der Waals surface area contributed by atoms with E-state index in [2.05, 4.69) is 27.5 Å². The van der Waals surface area contributed by atoms with Crippen molar-refractivity contribution in [2.45, 2.75) is 6.17 Å². The Bertz CT molecular complexity index is 277. The summed E-state index contributed by atoms with van der Waals surface area (Å²) in [5.74, 6) is 0. The number of hydrogen-bond acceptors (Lipinski definition) is 4. The molecule has 0 saturated carbocycles. The molecule has 4 nitrogen and oxygen atoms in total. The highest BCUT2D eigenvalue weighted by Gasteiger charge is 2.22. The number of anilines is 1. The minimum Gasteiger partial charge on any atom is -0.309 e. The van der Waals surface area contributed by atoms with Crippen LogP contribution in [0.3, 0.4) is 0 Å². The summed E-state index contributed by atoms with van der Waals surface area (Å²) in [6, 6.07) is 10.2. The van der Waals surface area contributed by atoms with Gasteiger partial charge in [-0.25, -0.2) is 5.01 Å². The van der Waals surface area contributed by atoms with E-state index in [4.69, 9.17) is 5.73 Å². The third-order valence-corrected chi connectivity index (χ3v) is 2.40. The molecule has 1 atom stereocenters. The summed E-state index contributed by atoms with van der Waals surface area (Å²) in [5, 5.41) is 7.44. The molecule has 4 heteroatoms. The second-order valence-corrected chi connectivity index (χ2v) is 3.52. The number of hydrazine groups is 1. The molecule has 0 aliphatic carbocycles. The minimum absolute atomic E-state index is 0.0103. The number of benzene rings is 1. The van der Waals surface area contributed by atoms with Crippen molar-refractivity contribution in [1.29, 1.82) is 0 Å². The zero-order valence-electron chi connectivity index (χ0n) is 8.35. The molecular weight excluding hydrogens is 176 g/mol. The van der Waals surface area contributed by atoms with Crippen LogP contribution < -0.4 is 16.1 Å². The maximum absolute atomic E-state index is 6.02. The van der Waals surface area contributed by atoms with Gasteiger partial charge in [-0.15, -0.1) is 0 Å². The predicted octanol–water partition coefficient (Wildman–Crippen LogP) is 0.185. The van der Waals surface area contributed by atoms with Crippen LogP contribution in [-0.4, -0.2) is 31.4 Å². The maximum atomic E-state index is 6.02. The summed E-state index contributed by atoms with van der Waals surface area (Å²) >= 11 is 0. The van der Waals surface area contributed by atoms with Crippen LogP contribution in [0.2, 0.25) is 0 Å². The lowest BCUT2D eigenvalue weighted by molar-refractivity contribution is 0.205. The lowest BCUT2D eigenvalue weighted by Crippen LogP contribution is -2.62. The number of nitrogens with two attached hydrogens (primary N) is 1. The Kier molecular flexibility index (Phi) is 2.67. The first-order valence-electron chi connectivity index (χ1n) is 4.80. The Labute approximate surface area is 84.3 Å². The third kappa shape index (κ3) is 1.72. The van der Waals surface area contributed by atoms with Gasteiger partial charge in [-0.2, -0.15) is 0 Å². The molecule has 1 unspecified atom stereocenters. The number of nitrogens with zero attached hydrogens (tertiary/aromatic N) is 2. The Morgan fingerprint density at radius 1 is 1.36 bits per heavy atom. The number of hydrogen-bond donors (Lipinski definition) is 2. The lowest BCUT2D eigenvalue weighted by Gasteiger charge is -2.42. The Morgan fingerprint density at radius 3 is 2.71 bits per heavy atom. The fourth-order valence-electron chi connectivity index (χ4n) is 1.76. The molecule has 2 rings (SSSR count). The summed E-state index contributed by atoms with van der Waals surface area (Å²) in [5.41, 5.74) is 7.17. The number of rotatable bonds is 1. The summed E-state index contributed by atoms with van der Waals surface area (Å²) < 4.78 is 0. The van der Waals surface area contributed by atoms with E-state index in [1.807, 2.05) is 25.2 Å². The van der Waals surface area contributed by atoms with Crippen LogP contribution in [0, 0.1) is 0 Å². The summed E-state index contributed by atoms with van der Waals surface area (Å²) in [4.78, 5) is 0. The second kappa shape index (κ2) is 3.96. The SMILES string of the molecule is CN1CNCC(N)N1c1ccccc1. The monoisotopic (exact) mass is 192 g/mol. The van der Waals surface area contributed by atoms with Gasteiger partial charge in [0.2, 0.25) is 0 Å². The quantitative estimate of drug-likeness (QED) is 0.666. The average Bonchev–Trinajstić information content (AvgIpc) is 2.19. The third-order valence-electron chi connectivity index (χ3n) is 2.40. The van der Waals surface area contributed by atoms with Crippen LogP contribution in [0.25, 0.3) is 0 Å². The highest BCUT2D eigenvalue weighted by atomic mass is 15.7. The molecule has 1 heterocycles. The van der Waals surface area contributed by atoms with Crippen LogP contribution in [0.15, 0.2) is 30.3 Å². The van der Waals surface area contributed by atoms with Crippen molar-refractivity contribution in [2.24, 2.45) is 5.73 Å². The summed E-state index contributed by atoms with van der Waals surface area (Å²) in [6.07, 6.45) is 0.0103. The van der Waals surface area contributed by atoms with Crippen molar-refractivity contribution in [3.8, 4) is 0 Å². The van der Waals surface area contributed by atoms with Crippen LogP contribution >= 0.6 is 0 Å². The highest BCUT2D eigenvalue weighted by molar-refractivity contribution is 5.45. The van der Waals surface area contributed by atoms with E-state index in [9.17, 15) is 0 Å². The van der Waals surface area contributed by atoms with Crippen LogP contribution in [0.5, 0.6) is 0 Å². The van der Waals surface area contributed by atoms with E-state index >= 15 is 0 Å². The normalized spacial score (nSPS) is 23.9. The van der Waals surface area contributed by atoms with Gasteiger partial charge in [0, 0.05) is 13.6 Å². The van der Waals surface area contributed by atoms with E-state index < -0.39 is 0 Å². The molecule has 1 aliphatic rings. The highest BCUT2D eigenvalue weighted by Crippen LogP contribution is 2.17. The lowest BCUT2D eigenvalue weighted by atomic mass is 10.3. The van der Waals surface area contributed by atoms with E-state index in [0.29, 0.717) is 0 Å². The Balaban J connectivity index is 2.23. The van der Waals surface area contributed by atoms with Gasteiger partial charge in [0.05, 0.1) is 12.4 Å². The van der Waals surface area contributed by atoms with Crippen LogP contribution in [0.4, 0.5) is 5.69 Å².